The molecule has 4 rings (SSSR count). The summed E-state index contributed by atoms with van der Waals surface area (Å²) in [4.78, 5) is 11.1. The summed E-state index contributed by atoms with van der Waals surface area (Å²) in [5, 5.41) is 10.7. The third-order valence-corrected chi connectivity index (χ3v) is 6.71. The molecule has 0 aliphatic heterocycles. The number of hydrogen-bond acceptors (Lipinski definition) is 1. The van der Waals surface area contributed by atoms with Gasteiger partial charge in [0.15, 0.2) is 0 Å². The molecule has 3 atom stereocenters. The highest BCUT2D eigenvalue weighted by Gasteiger charge is 2.38. The molecular weight excluding hydrogens is 367 g/mol. The van der Waals surface area contributed by atoms with Crippen molar-refractivity contribution in [1.29, 1.82) is 0 Å². The van der Waals surface area contributed by atoms with Crippen molar-refractivity contribution < 1.29 is 9.90 Å². The lowest BCUT2D eigenvalue weighted by Crippen LogP contribution is -2.20. The number of carboxylic acids is 1. The van der Waals surface area contributed by atoms with Crippen LogP contribution in [0.4, 0.5) is 0 Å². The molecule has 1 N–H and O–H groups in total. The van der Waals surface area contributed by atoms with Crippen LogP contribution >= 0.6 is 23.2 Å². The van der Waals surface area contributed by atoms with Crippen molar-refractivity contribution in [2.45, 2.75) is 50.4 Å². The smallest absolute Gasteiger partial charge is 0.335 e. The summed E-state index contributed by atoms with van der Waals surface area (Å²) in [6, 6.07) is 11.5. The van der Waals surface area contributed by atoms with Crippen LogP contribution in [-0.2, 0) is 6.42 Å². The van der Waals surface area contributed by atoms with Crippen LogP contribution in [0.25, 0.3) is 0 Å². The fourth-order valence-electron chi connectivity index (χ4n) is 5.10. The Kier molecular flexibility index (Phi) is 4.98. The van der Waals surface area contributed by atoms with E-state index in [-0.39, 0.29) is 0 Å². The van der Waals surface area contributed by atoms with Crippen LogP contribution in [0.2, 0.25) is 10.0 Å². The summed E-state index contributed by atoms with van der Waals surface area (Å²) in [7, 11) is 0. The lowest BCUT2D eigenvalue weighted by Gasteiger charge is -2.34. The monoisotopic (exact) mass is 388 g/mol. The number of fused-ring (bicyclic) bond motifs is 3. The highest BCUT2D eigenvalue weighted by molar-refractivity contribution is 6.35. The van der Waals surface area contributed by atoms with Crippen molar-refractivity contribution in [3.8, 4) is 0 Å². The summed E-state index contributed by atoms with van der Waals surface area (Å²) in [5.41, 5.74) is 4.25. The molecule has 0 amide bonds. The van der Waals surface area contributed by atoms with Crippen LogP contribution < -0.4 is 0 Å². The van der Waals surface area contributed by atoms with Crippen LogP contribution in [-0.4, -0.2) is 11.1 Å². The van der Waals surface area contributed by atoms with Gasteiger partial charge < -0.3 is 5.11 Å². The van der Waals surface area contributed by atoms with Gasteiger partial charge in [-0.2, -0.15) is 0 Å². The first kappa shape index (κ1) is 17.9. The average molecular weight is 389 g/mol. The molecule has 0 bridgehead atoms. The van der Waals surface area contributed by atoms with Crippen molar-refractivity contribution in [1.82, 2.24) is 0 Å². The van der Waals surface area contributed by atoms with Gasteiger partial charge in [-0.25, -0.2) is 4.79 Å². The zero-order valence-corrected chi connectivity index (χ0v) is 16.1. The number of benzene rings is 2. The van der Waals surface area contributed by atoms with E-state index in [1.54, 1.807) is 12.1 Å². The standard InChI is InChI=1S/C22H22Cl2O2/c23-16-11-15-3-1-4-17(13-7-9-14(10-8-13)22(25)26)18-5-2-6-19(18)21(15)20(24)12-16/h7-12,17-19H,1-6H2,(H,25,26). The summed E-state index contributed by atoms with van der Waals surface area (Å²) in [6.45, 7) is 0. The average Bonchev–Trinajstić information content (AvgIpc) is 3.05. The topological polar surface area (TPSA) is 37.3 Å². The van der Waals surface area contributed by atoms with E-state index >= 15 is 0 Å². The summed E-state index contributed by atoms with van der Waals surface area (Å²) in [5.74, 6) is 0.624. The Morgan fingerprint density at radius 2 is 1.69 bits per heavy atom. The Balaban J connectivity index is 1.72. The number of halogens is 2. The number of aryl methyl sites for hydroxylation is 1. The quantitative estimate of drug-likeness (QED) is 0.621. The third kappa shape index (κ3) is 3.25. The maximum Gasteiger partial charge on any atom is 0.335 e. The minimum Gasteiger partial charge on any atom is -0.478 e. The van der Waals surface area contributed by atoms with E-state index in [1.807, 2.05) is 18.2 Å². The van der Waals surface area contributed by atoms with E-state index in [0.717, 1.165) is 29.3 Å². The number of carboxylic acid groups (broad SMARTS) is 1. The van der Waals surface area contributed by atoms with Gasteiger partial charge in [0.1, 0.15) is 0 Å². The predicted octanol–water partition coefficient (Wildman–Crippen LogP) is 6.70. The summed E-state index contributed by atoms with van der Waals surface area (Å²) in [6.07, 6.45) is 6.81. The molecule has 0 heterocycles. The second-order valence-electron chi connectivity index (χ2n) is 7.59. The Labute approximate surface area is 164 Å². The van der Waals surface area contributed by atoms with Crippen LogP contribution in [0.1, 0.15) is 71.0 Å². The maximum absolute atomic E-state index is 11.1. The van der Waals surface area contributed by atoms with E-state index in [4.69, 9.17) is 28.3 Å². The van der Waals surface area contributed by atoms with Crippen molar-refractivity contribution in [3.05, 3.63) is 68.7 Å². The molecule has 2 aromatic carbocycles. The minimum absolute atomic E-state index is 0.352. The Hall–Kier alpha value is -1.51. The zero-order valence-electron chi connectivity index (χ0n) is 14.6. The molecule has 0 aromatic heterocycles. The molecule has 3 unspecified atom stereocenters. The SMILES string of the molecule is O=C(O)c1ccc(C2CCCc3cc(Cl)cc(Cl)c3C3CCCC23)cc1. The summed E-state index contributed by atoms with van der Waals surface area (Å²) < 4.78 is 0. The molecule has 2 aliphatic rings. The van der Waals surface area contributed by atoms with Gasteiger partial charge in [-0.05, 0) is 90.8 Å². The molecule has 2 aromatic rings. The normalized spacial score (nSPS) is 25.1. The second-order valence-corrected chi connectivity index (χ2v) is 8.43. The number of aromatic carboxylic acids is 1. The molecule has 0 spiro atoms. The molecule has 0 saturated heterocycles. The molecule has 2 nitrogen and oxygen atoms in total. The van der Waals surface area contributed by atoms with Crippen LogP contribution in [0.3, 0.4) is 0 Å². The van der Waals surface area contributed by atoms with Crippen LogP contribution in [0.15, 0.2) is 36.4 Å². The van der Waals surface area contributed by atoms with E-state index in [1.165, 1.54) is 36.0 Å². The second kappa shape index (κ2) is 7.25. The van der Waals surface area contributed by atoms with E-state index in [2.05, 4.69) is 6.07 Å². The first-order valence-corrected chi connectivity index (χ1v) is 10.1. The third-order valence-electron chi connectivity index (χ3n) is 6.18. The minimum atomic E-state index is -0.870. The van der Waals surface area contributed by atoms with Gasteiger partial charge in [-0.3, -0.25) is 0 Å². The largest absolute Gasteiger partial charge is 0.478 e. The molecule has 4 heteroatoms. The van der Waals surface area contributed by atoms with Crippen LogP contribution in [0.5, 0.6) is 0 Å². The van der Waals surface area contributed by atoms with Gasteiger partial charge in [0.2, 0.25) is 0 Å². The first-order valence-electron chi connectivity index (χ1n) is 9.35. The first-order chi connectivity index (χ1) is 12.5. The highest BCUT2D eigenvalue weighted by atomic mass is 35.5. The van der Waals surface area contributed by atoms with Gasteiger partial charge in [0.05, 0.1) is 5.56 Å². The van der Waals surface area contributed by atoms with E-state index in [0.29, 0.717) is 23.3 Å². The van der Waals surface area contributed by atoms with E-state index in [9.17, 15) is 4.79 Å². The lowest BCUT2D eigenvalue weighted by molar-refractivity contribution is 0.0697. The number of carbonyl (C=O) groups is 1. The Bertz CT molecular complexity index is 829. The van der Waals surface area contributed by atoms with Crippen molar-refractivity contribution in [2.75, 3.05) is 0 Å². The molecule has 26 heavy (non-hydrogen) atoms. The predicted molar refractivity (Wildman–Crippen MR) is 106 cm³/mol. The van der Waals surface area contributed by atoms with Crippen molar-refractivity contribution in [2.24, 2.45) is 5.92 Å². The molecule has 1 fully saturated rings. The Morgan fingerprint density at radius 3 is 2.42 bits per heavy atom. The van der Waals surface area contributed by atoms with Gasteiger partial charge in [0.25, 0.3) is 0 Å². The fraction of sp³-hybridized carbons (Fsp3) is 0.409. The fourth-order valence-corrected chi connectivity index (χ4v) is 5.78. The number of hydrogen-bond donors (Lipinski definition) is 1. The molecule has 1 saturated carbocycles. The van der Waals surface area contributed by atoms with Gasteiger partial charge in [0, 0.05) is 10.0 Å². The van der Waals surface area contributed by atoms with E-state index < -0.39 is 5.97 Å². The van der Waals surface area contributed by atoms with Gasteiger partial charge in [-0.1, -0.05) is 41.8 Å². The zero-order chi connectivity index (χ0) is 18.3. The van der Waals surface area contributed by atoms with Crippen molar-refractivity contribution >= 4 is 29.2 Å². The Morgan fingerprint density at radius 1 is 0.962 bits per heavy atom. The highest BCUT2D eigenvalue weighted by Crippen LogP contribution is 2.52. The lowest BCUT2D eigenvalue weighted by atomic mass is 9.71. The maximum atomic E-state index is 11.1. The summed E-state index contributed by atoms with van der Waals surface area (Å²) >= 11 is 12.9. The van der Waals surface area contributed by atoms with Crippen LogP contribution in [0, 0.1) is 5.92 Å². The van der Waals surface area contributed by atoms with Gasteiger partial charge >= 0.3 is 5.97 Å². The molecular formula is C22H22Cl2O2. The molecule has 136 valence electrons. The number of rotatable bonds is 2. The van der Waals surface area contributed by atoms with Gasteiger partial charge in [-0.15, -0.1) is 0 Å². The van der Waals surface area contributed by atoms with Crippen molar-refractivity contribution in [3.63, 3.8) is 0 Å². The molecule has 0 radical (unpaired) electrons. The molecule has 2 aliphatic carbocycles.